The zero-order chi connectivity index (χ0) is 25.8. The van der Waals surface area contributed by atoms with E-state index in [1.54, 1.807) is 23.2 Å². The predicted octanol–water partition coefficient (Wildman–Crippen LogP) is 4.86. The van der Waals surface area contributed by atoms with Crippen molar-refractivity contribution in [2.24, 2.45) is 20.0 Å². The number of carbonyl (C=O) groups excluding carboxylic acids is 2. The summed E-state index contributed by atoms with van der Waals surface area (Å²) in [4.78, 5) is 43.2. The average Bonchev–Trinajstić information content (AvgIpc) is 3.07. The fourth-order valence-electron chi connectivity index (χ4n) is 5.13. The maximum absolute atomic E-state index is 13.8. The van der Waals surface area contributed by atoms with Gasteiger partial charge in [-0.1, -0.05) is 51.3 Å². The summed E-state index contributed by atoms with van der Waals surface area (Å²) in [7, 11) is 3.47. The van der Waals surface area contributed by atoms with Crippen LogP contribution in [0.2, 0.25) is 0 Å². The molecular weight excluding hydrogens is 452 g/mol. The van der Waals surface area contributed by atoms with Crippen LogP contribution in [0.4, 0.5) is 5.69 Å². The molecule has 0 aliphatic carbocycles. The van der Waals surface area contributed by atoms with E-state index in [9.17, 15) is 14.4 Å². The molecule has 0 unspecified atom stereocenters. The van der Waals surface area contributed by atoms with Gasteiger partial charge in [0.15, 0.2) is 0 Å². The molecular formula is C29H38N4O3. The SMILES string of the molecule is CC(C)CC(=O)N1CCCCCCCN(C(=O)c2ccc3c(c2)n(C)c(=O)n3C)Cc2ccccc21. The fraction of sp³-hybridized carbons (Fsp3) is 0.483. The monoisotopic (exact) mass is 490 g/mol. The number of nitrogens with zero attached hydrogens (tertiary/aromatic N) is 4. The van der Waals surface area contributed by atoms with Gasteiger partial charge >= 0.3 is 5.69 Å². The molecule has 0 atom stereocenters. The Morgan fingerprint density at radius 3 is 2.28 bits per heavy atom. The van der Waals surface area contributed by atoms with Crippen LogP contribution in [0.15, 0.2) is 47.3 Å². The Balaban J connectivity index is 1.70. The highest BCUT2D eigenvalue weighted by atomic mass is 16.2. The molecule has 0 N–H and O–H groups in total. The van der Waals surface area contributed by atoms with Crippen molar-refractivity contribution in [3.63, 3.8) is 0 Å². The number of fused-ring (bicyclic) bond motifs is 2. The van der Waals surface area contributed by atoms with Gasteiger partial charge < -0.3 is 9.80 Å². The predicted molar refractivity (Wildman–Crippen MR) is 144 cm³/mol. The maximum Gasteiger partial charge on any atom is 0.328 e. The third-order valence-corrected chi connectivity index (χ3v) is 7.14. The van der Waals surface area contributed by atoms with E-state index in [1.165, 1.54) is 0 Å². The number of anilines is 1. The third kappa shape index (κ3) is 5.40. The van der Waals surface area contributed by atoms with Crippen molar-refractivity contribution in [1.29, 1.82) is 0 Å². The Hall–Kier alpha value is -3.35. The lowest BCUT2D eigenvalue weighted by molar-refractivity contribution is -0.119. The van der Waals surface area contributed by atoms with E-state index in [4.69, 9.17) is 0 Å². The Morgan fingerprint density at radius 2 is 1.53 bits per heavy atom. The normalized spacial score (nSPS) is 15.5. The lowest BCUT2D eigenvalue weighted by Gasteiger charge is -2.30. The van der Waals surface area contributed by atoms with Crippen LogP contribution in [-0.2, 0) is 25.4 Å². The van der Waals surface area contributed by atoms with E-state index in [-0.39, 0.29) is 23.4 Å². The summed E-state index contributed by atoms with van der Waals surface area (Å²) in [5, 5.41) is 0. The number of rotatable bonds is 3. The summed E-state index contributed by atoms with van der Waals surface area (Å²) in [6.07, 6.45) is 5.64. The van der Waals surface area contributed by atoms with Crippen LogP contribution >= 0.6 is 0 Å². The molecule has 0 bridgehead atoms. The second kappa shape index (κ2) is 11.1. The highest BCUT2D eigenvalue weighted by Crippen LogP contribution is 2.26. The van der Waals surface area contributed by atoms with Crippen LogP contribution in [0.5, 0.6) is 0 Å². The molecule has 3 aromatic rings. The van der Waals surface area contributed by atoms with Crippen LogP contribution in [-0.4, -0.2) is 38.9 Å². The number of para-hydroxylation sites is 1. The van der Waals surface area contributed by atoms with E-state index in [1.807, 2.05) is 52.3 Å². The molecule has 4 rings (SSSR count). The Kier molecular flexibility index (Phi) is 7.97. The van der Waals surface area contributed by atoms with Gasteiger partial charge in [-0.2, -0.15) is 0 Å². The van der Waals surface area contributed by atoms with Gasteiger partial charge in [-0.3, -0.25) is 18.7 Å². The molecule has 36 heavy (non-hydrogen) atoms. The largest absolute Gasteiger partial charge is 0.334 e. The molecule has 7 heteroatoms. The summed E-state index contributed by atoms with van der Waals surface area (Å²) >= 11 is 0. The van der Waals surface area contributed by atoms with Crippen molar-refractivity contribution in [3.05, 3.63) is 64.1 Å². The van der Waals surface area contributed by atoms with Gasteiger partial charge in [0.2, 0.25) is 5.91 Å². The summed E-state index contributed by atoms with van der Waals surface area (Å²) < 4.78 is 3.18. The summed E-state index contributed by atoms with van der Waals surface area (Å²) in [5.74, 6) is 0.371. The van der Waals surface area contributed by atoms with E-state index >= 15 is 0 Å². The molecule has 7 nitrogen and oxygen atoms in total. The molecule has 2 heterocycles. The van der Waals surface area contributed by atoms with Gasteiger partial charge in [0.25, 0.3) is 5.91 Å². The smallest absolute Gasteiger partial charge is 0.328 e. The van der Waals surface area contributed by atoms with Crippen molar-refractivity contribution >= 4 is 28.5 Å². The molecule has 0 fully saturated rings. The standard InChI is InChI=1S/C29H38N4O3/c1-21(2)18-27(34)33-17-11-7-5-6-10-16-32(20-23-12-8-9-13-24(23)33)28(35)22-14-15-25-26(19-22)31(4)29(36)30(25)3/h8-9,12-15,19,21H,5-7,10-11,16-18,20H2,1-4H3. The first kappa shape index (κ1) is 25.7. The highest BCUT2D eigenvalue weighted by molar-refractivity contribution is 5.98. The van der Waals surface area contributed by atoms with Gasteiger partial charge in [0.1, 0.15) is 0 Å². The third-order valence-electron chi connectivity index (χ3n) is 7.14. The van der Waals surface area contributed by atoms with E-state index in [0.717, 1.165) is 54.4 Å². The highest BCUT2D eigenvalue weighted by Gasteiger charge is 2.23. The van der Waals surface area contributed by atoms with Crippen molar-refractivity contribution < 1.29 is 9.59 Å². The van der Waals surface area contributed by atoms with E-state index in [0.29, 0.717) is 31.6 Å². The van der Waals surface area contributed by atoms with Crippen LogP contribution < -0.4 is 10.6 Å². The first-order valence-corrected chi connectivity index (χ1v) is 13.1. The number of aryl methyl sites for hydroxylation is 2. The van der Waals surface area contributed by atoms with Crippen molar-refractivity contribution in [1.82, 2.24) is 14.0 Å². The molecule has 1 aromatic heterocycles. The van der Waals surface area contributed by atoms with Crippen LogP contribution in [0.25, 0.3) is 11.0 Å². The second-order valence-corrected chi connectivity index (χ2v) is 10.4. The lowest BCUT2D eigenvalue weighted by atomic mass is 10.0. The van der Waals surface area contributed by atoms with E-state index in [2.05, 4.69) is 13.8 Å². The van der Waals surface area contributed by atoms with Crippen LogP contribution in [0.3, 0.4) is 0 Å². The Labute approximate surface area is 213 Å². The first-order valence-electron chi connectivity index (χ1n) is 13.1. The van der Waals surface area contributed by atoms with Crippen molar-refractivity contribution in [3.8, 4) is 0 Å². The maximum atomic E-state index is 13.8. The minimum atomic E-state index is -0.110. The number of benzene rings is 2. The van der Waals surface area contributed by atoms with Crippen molar-refractivity contribution in [2.75, 3.05) is 18.0 Å². The molecule has 0 spiro atoms. The molecule has 1 aliphatic heterocycles. The van der Waals surface area contributed by atoms with Gasteiger partial charge in [0.05, 0.1) is 11.0 Å². The second-order valence-electron chi connectivity index (χ2n) is 10.4. The number of amides is 2. The van der Waals surface area contributed by atoms with Gasteiger partial charge in [0, 0.05) is 51.4 Å². The summed E-state index contributed by atoms with van der Waals surface area (Å²) in [6, 6.07) is 13.5. The molecule has 2 aromatic carbocycles. The van der Waals surface area contributed by atoms with Gasteiger partial charge in [-0.25, -0.2) is 4.79 Å². The number of imidazole rings is 1. The first-order chi connectivity index (χ1) is 17.3. The molecule has 0 radical (unpaired) electrons. The molecule has 192 valence electrons. The number of carbonyl (C=O) groups is 2. The Bertz CT molecular complexity index is 1300. The zero-order valence-corrected chi connectivity index (χ0v) is 22.0. The fourth-order valence-corrected chi connectivity index (χ4v) is 5.13. The summed E-state index contributed by atoms with van der Waals surface area (Å²) in [5.41, 5.74) is 3.90. The summed E-state index contributed by atoms with van der Waals surface area (Å²) in [6.45, 7) is 5.93. The minimum Gasteiger partial charge on any atom is -0.334 e. The minimum absolute atomic E-state index is 0.0554. The van der Waals surface area contributed by atoms with Crippen LogP contribution in [0.1, 0.15) is 68.3 Å². The van der Waals surface area contributed by atoms with E-state index < -0.39 is 0 Å². The average molecular weight is 491 g/mol. The zero-order valence-electron chi connectivity index (χ0n) is 22.0. The molecule has 0 saturated carbocycles. The van der Waals surface area contributed by atoms with Crippen molar-refractivity contribution in [2.45, 2.75) is 58.9 Å². The number of aromatic nitrogens is 2. The quantitative estimate of drug-likeness (QED) is 0.526. The number of hydrogen-bond donors (Lipinski definition) is 0. The topological polar surface area (TPSA) is 67.6 Å². The van der Waals surface area contributed by atoms with Gasteiger partial charge in [-0.05, 0) is 48.6 Å². The molecule has 0 saturated heterocycles. The van der Waals surface area contributed by atoms with Crippen LogP contribution in [0, 0.1) is 5.92 Å². The Morgan fingerprint density at radius 1 is 0.861 bits per heavy atom. The molecule has 2 amide bonds. The number of hydrogen-bond acceptors (Lipinski definition) is 3. The lowest BCUT2D eigenvalue weighted by Crippen LogP contribution is -2.36. The molecule has 1 aliphatic rings. The van der Waals surface area contributed by atoms with Gasteiger partial charge in [-0.15, -0.1) is 0 Å².